The van der Waals surface area contributed by atoms with E-state index in [0.717, 1.165) is 19.5 Å². The minimum absolute atomic E-state index is 0.164. The van der Waals surface area contributed by atoms with E-state index in [1.807, 2.05) is 11.8 Å². The number of amides is 1. The Balaban J connectivity index is 2.43. The van der Waals surface area contributed by atoms with Crippen LogP contribution in [0, 0.1) is 5.92 Å². The zero-order chi connectivity index (χ0) is 8.27. The lowest BCUT2D eigenvalue weighted by atomic mass is 10.2. The van der Waals surface area contributed by atoms with Crippen molar-refractivity contribution in [3.63, 3.8) is 0 Å². The quantitative estimate of drug-likeness (QED) is 0.522. The Bertz CT molecular complexity index is 174. The van der Waals surface area contributed by atoms with E-state index in [9.17, 15) is 4.79 Å². The molecule has 62 valence electrons. The number of hydrogen-bond donors (Lipinski definition) is 0. The maximum atomic E-state index is 11.2. The van der Waals surface area contributed by atoms with Crippen LogP contribution in [0.5, 0.6) is 0 Å². The summed E-state index contributed by atoms with van der Waals surface area (Å²) in [4.78, 5) is 13.1. The minimum Gasteiger partial charge on any atom is -0.339 e. The van der Waals surface area contributed by atoms with Crippen LogP contribution in [0.3, 0.4) is 0 Å². The molecule has 1 atom stereocenters. The van der Waals surface area contributed by atoms with Gasteiger partial charge in [0.15, 0.2) is 0 Å². The van der Waals surface area contributed by atoms with Gasteiger partial charge in [-0.3, -0.25) is 4.79 Å². The number of rotatable bonds is 1. The Morgan fingerprint density at radius 3 is 2.82 bits per heavy atom. The molecule has 0 N–H and O–H groups in total. The predicted molar refractivity (Wildman–Crippen MR) is 45.2 cm³/mol. The maximum Gasteiger partial charge on any atom is 0.246 e. The van der Waals surface area contributed by atoms with E-state index in [-0.39, 0.29) is 5.91 Å². The highest BCUT2D eigenvalue weighted by Gasteiger charge is 2.20. The van der Waals surface area contributed by atoms with Gasteiger partial charge in [-0.15, -0.1) is 0 Å². The molecule has 1 aliphatic rings. The molecule has 0 aromatic heterocycles. The molecule has 11 heavy (non-hydrogen) atoms. The summed E-state index contributed by atoms with van der Waals surface area (Å²) in [6, 6.07) is 0. The van der Waals surface area contributed by atoms with Gasteiger partial charge in [0.25, 0.3) is 0 Å². The molecule has 1 aliphatic heterocycles. The molecule has 0 radical (unpaired) electrons. The van der Waals surface area contributed by atoms with Crippen LogP contribution in [0.25, 0.3) is 0 Å². The summed E-state index contributed by atoms with van der Waals surface area (Å²) in [7, 11) is 0. The van der Waals surface area contributed by atoms with Gasteiger partial charge in [-0.25, -0.2) is 0 Å². The number of carbonyl (C=O) groups excluding carboxylic acids is 1. The molecule has 0 aromatic rings. The topological polar surface area (TPSA) is 20.3 Å². The summed E-state index contributed by atoms with van der Waals surface area (Å²) in [5, 5.41) is 0. The Morgan fingerprint density at radius 1 is 1.64 bits per heavy atom. The second-order valence-corrected chi connectivity index (χ2v) is 3.18. The summed E-state index contributed by atoms with van der Waals surface area (Å²) >= 11 is 0. The lowest BCUT2D eigenvalue weighted by Gasteiger charge is -2.12. The van der Waals surface area contributed by atoms with Crippen molar-refractivity contribution in [3.05, 3.63) is 12.2 Å². The van der Waals surface area contributed by atoms with E-state index in [1.165, 1.54) is 0 Å². The smallest absolute Gasteiger partial charge is 0.246 e. The van der Waals surface area contributed by atoms with Crippen molar-refractivity contribution in [1.82, 2.24) is 4.90 Å². The standard InChI is InChI=1S/C9H15NO/c1-3-4-9(11)10-6-5-8(2)7-10/h3-4,8H,5-7H2,1-2H3. The fourth-order valence-electron chi connectivity index (χ4n) is 1.38. The highest BCUT2D eigenvalue weighted by atomic mass is 16.2. The SMILES string of the molecule is CC=CC(=O)N1CCC(C)C1. The summed E-state index contributed by atoms with van der Waals surface area (Å²) in [5.41, 5.74) is 0. The first kappa shape index (κ1) is 8.31. The fraction of sp³-hybridized carbons (Fsp3) is 0.667. The van der Waals surface area contributed by atoms with Crippen LogP contribution in [-0.2, 0) is 4.79 Å². The molecule has 2 nitrogen and oxygen atoms in total. The molecule has 0 bridgehead atoms. The van der Waals surface area contributed by atoms with Crippen molar-refractivity contribution in [2.24, 2.45) is 5.92 Å². The lowest BCUT2D eigenvalue weighted by Crippen LogP contribution is -2.26. The Labute approximate surface area is 67.9 Å². The molecule has 2 heteroatoms. The van der Waals surface area contributed by atoms with E-state index in [0.29, 0.717) is 5.92 Å². The number of nitrogens with zero attached hydrogens (tertiary/aromatic N) is 1. The molecule has 0 aliphatic carbocycles. The molecule has 0 aromatic carbocycles. The predicted octanol–water partition coefficient (Wildman–Crippen LogP) is 1.43. The number of hydrogen-bond acceptors (Lipinski definition) is 1. The van der Waals surface area contributed by atoms with Gasteiger partial charge in [0, 0.05) is 13.1 Å². The lowest BCUT2D eigenvalue weighted by molar-refractivity contribution is -0.125. The van der Waals surface area contributed by atoms with Crippen molar-refractivity contribution in [2.45, 2.75) is 20.3 Å². The normalized spacial score (nSPS) is 24.9. The third-order valence-electron chi connectivity index (χ3n) is 2.04. The van der Waals surface area contributed by atoms with E-state index in [1.54, 1.807) is 12.2 Å². The molecule has 1 heterocycles. The third-order valence-corrected chi connectivity index (χ3v) is 2.04. The van der Waals surface area contributed by atoms with Crippen LogP contribution in [-0.4, -0.2) is 23.9 Å². The molecule has 0 spiro atoms. The average molecular weight is 153 g/mol. The Morgan fingerprint density at radius 2 is 2.36 bits per heavy atom. The molecular formula is C9H15NO. The summed E-state index contributed by atoms with van der Waals surface area (Å²) in [6.45, 7) is 5.92. The van der Waals surface area contributed by atoms with Gasteiger partial charge in [-0.1, -0.05) is 13.0 Å². The summed E-state index contributed by atoms with van der Waals surface area (Å²) in [6.07, 6.45) is 4.59. The van der Waals surface area contributed by atoms with Crippen LogP contribution >= 0.6 is 0 Å². The fourth-order valence-corrected chi connectivity index (χ4v) is 1.38. The van der Waals surface area contributed by atoms with Crippen molar-refractivity contribution < 1.29 is 4.79 Å². The largest absolute Gasteiger partial charge is 0.339 e. The van der Waals surface area contributed by atoms with Crippen LogP contribution < -0.4 is 0 Å². The first-order chi connectivity index (χ1) is 5.24. The van der Waals surface area contributed by atoms with E-state index >= 15 is 0 Å². The van der Waals surface area contributed by atoms with Gasteiger partial charge in [0.05, 0.1) is 0 Å². The van der Waals surface area contributed by atoms with Gasteiger partial charge < -0.3 is 4.90 Å². The zero-order valence-electron chi connectivity index (χ0n) is 7.21. The monoisotopic (exact) mass is 153 g/mol. The third kappa shape index (κ3) is 2.07. The van der Waals surface area contributed by atoms with Crippen molar-refractivity contribution in [3.8, 4) is 0 Å². The van der Waals surface area contributed by atoms with E-state index in [2.05, 4.69) is 6.92 Å². The van der Waals surface area contributed by atoms with Gasteiger partial charge >= 0.3 is 0 Å². The average Bonchev–Trinajstić information content (AvgIpc) is 2.36. The highest BCUT2D eigenvalue weighted by Crippen LogP contribution is 2.14. The van der Waals surface area contributed by atoms with Crippen LogP contribution in [0.1, 0.15) is 20.3 Å². The van der Waals surface area contributed by atoms with Crippen molar-refractivity contribution >= 4 is 5.91 Å². The molecule has 0 saturated carbocycles. The van der Waals surface area contributed by atoms with Crippen LogP contribution in [0.2, 0.25) is 0 Å². The minimum atomic E-state index is 0.164. The van der Waals surface area contributed by atoms with E-state index in [4.69, 9.17) is 0 Å². The van der Waals surface area contributed by atoms with Crippen molar-refractivity contribution in [2.75, 3.05) is 13.1 Å². The Hall–Kier alpha value is -0.790. The van der Waals surface area contributed by atoms with Gasteiger partial charge in [-0.2, -0.15) is 0 Å². The molecular weight excluding hydrogens is 138 g/mol. The molecule has 1 unspecified atom stereocenters. The highest BCUT2D eigenvalue weighted by molar-refractivity contribution is 5.87. The maximum absolute atomic E-state index is 11.2. The second kappa shape index (κ2) is 3.56. The van der Waals surface area contributed by atoms with E-state index < -0.39 is 0 Å². The van der Waals surface area contributed by atoms with Crippen molar-refractivity contribution in [1.29, 1.82) is 0 Å². The van der Waals surface area contributed by atoms with Gasteiger partial charge in [-0.05, 0) is 25.3 Å². The van der Waals surface area contributed by atoms with Gasteiger partial charge in [0.2, 0.25) is 5.91 Å². The Kier molecular flexibility index (Phi) is 2.69. The molecule has 1 fully saturated rings. The molecule has 1 amide bonds. The summed E-state index contributed by atoms with van der Waals surface area (Å²) in [5.74, 6) is 0.848. The molecule has 1 rings (SSSR count). The van der Waals surface area contributed by atoms with Crippen LogP contribution in [0.15, 0.2) is 12.2 Å². The second-order valence-electron chi connectivity index (χ2n) is 3.18. The zero-order valence-corrected chi connectivity index (χ0v) is 7.21. The van der Waals surface area contributed by atoms with Crippen LogP contribution in [0.4, 0.5) is 0 Å². The first-order valence-corrected chi connectivity index (χ1v) is 4.15. The summed E-state index contributed by atoms with van der Waals surface area (Å²) < 4.78 is 0. The number of likely N-dealkylation sites (tertiary alicyclic amines) is 1. The number of carbonyl (C=O) groups is 1. The molecule has 1 saturated heterocycles. The van der Waals surface area contributed by atoms with Gasteiger partial charge in [0.1, 0.15) is 0 Å². The first-order valence-electron chi connectivity index (χ1n) is 4.15. The number of allylic oxidation sites excluding steroid dienone is 1.